The minimum Gasteiger partial charge on any atom is -0.496 e. The van der Waals surface area contributed by atoms with Crippen LogP contribution in [0.25, 0.3) is 0 Å². The lowest BCUT2D eigenvalue weighted by Crippen LogP contribution is -2.37. The van der Waals surface area contributed by atoms with Gasteiger partial charge in [-0.1, -0.05) is 56.3 Å². The maximum absolute atomic E-state index is 12.5. The molecule has 1 unspecified atom stereocenters. The van der Waals surface area contributed by atoms with Crippen molar-refractivity contribution < 1.29 is 14.6 Å². The van der Waals surface area contributed by atoms with E-state index in [1.165, 1.54) is 0 Å². The van der Waals surface area contributed by atoms with Gasteiger partial charge >= 0.3 is 0 Å². The second kappa shape index (κ2) is 7.97. The van der Waals surface area contributed by atoms with Gasteiger partial charge in [-0.3, -0.25) is 4.79 Å². The van der Waals surface area contributed by atoms with Crippen LogP contribution in [0.5, 0.6) is 5.75 Å². The average molecular weight is 327 g/mol. The van der Waals surface area contributed by atoms with E-state index in [1.54, 1.807) is 19.2 Å². The van der Waals surface area contributed by atoms with Crippen molar-refractivity contribution in [3.63, 3.8) is 0 Å². The van der Waals surface area contributed by atoms with E-state index >= 15 is 0 Å². The number of hydrogen-bond donors (Lipinski definition) is 2. The Morgan fingerprint density at radius 2 is 1.75 bits per heavy atom. The number of carbonyl (C=O) groups excluding carboxylic acids is 1. The number of carbonyl (C=O) groups is 1. The lowest BCUT2D eigenvalue weighted by atomic mass is 9.75. The summed E-state index contributed by atoms with van der Waals surface area (Å²) >= 11 is 0. The number of methoxy groups -OCH3 is 1. The molecule has 0 aliphatic carbocycles. The quantitative estimate of drug-likeness (QED) is 0.821. The maximum Gasteiger partial charge on any atom is 0.255 e. The summed E-state index contributed by atoms with van der Waals surface area (Å²) in [4.78, 5) is 12.5. The number of nitrogens with one attached hydrogen (secondary N) is 1. The van der Waals surface area contributed by atoms with E-state index in [0.29, 0.717) is 17.9 Å². The molecule has 1 amide bonds. The third kappa shape index (κ3) is 4.15. The summed E-state index contributed by atoms with van der Waals surface area (Å²) in [5, 5.41) is 12.7. The van der Waals surface area contributed by atoms with E-state index in [4.69, 9.17) is 4.74 Å². The van der Waals surface area contributed by atoms with Crippen LogP contribution in [0.1, 0.15) is 35.7 Å². The molecule has 0 saturated heterocycles. The molecule has 2 aromatic carbocycles. The minimum absolute atomic E-state index is 0.00218. The lowest BCUT2D eigenvalue weighted by Gasteiger charge is -2.33. The van der Waals surface area contributed by atoms with Gasteiger partial charge < -0.3 is 15.2 Å². The van der Waals surface area contributed by atoms with E-state index in [1.807, 2.05) is 56.3 Å². The number of aliphatic hydroxyl groups is 1. The Bertz CT molecular complexity index is 668. The standard InChI is InChI=1S/C20H25NO3/c1-20(2,14-22)17(15-9-5-4-6-10-15)13-21-19(23)16-11-7-8-12-18(16)24-3/h4-12,17,22H,13-14H2,1-3H3,(H,21,23). The van der Waals surface area contributed by atoms with Crippen LogP contribution in [0.4, 0.5) is 0 Å². The van der Waals surface area contributed by atoms with Crippen LogP contribution in [0.2, 0.25) is 0 Å². The Balaban J connectivity index is 2.18. The summed E-state index contributed by atoms with van der Waals surface area (Å²) in [7, 11) is 1.55. The van der Waals surface area contributed by atoms with E-state index in [-0.39, 0.29) is 23.8 Å². The number of aliphatic hydroxyl groups excluding tert-OH is 1. The minimum atomic E-state index is -0.352. The number of hydrogen-bond acceptors (Lipinski definition) is 3. The highest BCUT2D eigenvalue weighted by Crippen LogP contribution is 2.34. The number of benzene rings is 2. The Hall–Kier alpha value is -2.33. The van der Waals surface area contributed by atoms with Crippen LogP contribution in [0.3, 0.4) is 0 Å². The molecule has 0 saturated carbocycles. The van der Waals surface area contributed by atoms with Gasteiger partial charge in [0.15, 0.2) is 0 Å². The van der Waals surface area contributed by atoms with Crippen LogP contribution in [0.15, 0.2) is 54.6 Å². The summed E-state index contributed by atoms with van der Waals surface area (Å²) in [6, 6.07) is 17.1. The van der Waals surface area contributed by atoms with Gasteiger partial charge in [0.1, 0.15) is 5.75 Å². The van der Waals surface area contributed by atoms with Gasteiger partial charge in [0, 0.05) is 19.1 Å². The van der Waals surface area contributed by atoms with E-state index in [2.05, 4.69) is 5.32 Å². The van der Waals surface area contributed by atoms with Crippen molar-refractivity contribution in [2.45, 2.75) is 19.8 Å². The van der Waals surface area contributed by atoms with Gasteiger partial charge in [0.25, 0.3) is 5.91 Å². The maximum atomic E-state index is 12.5. The second-order valence-corrected chi connectivity index (χ2v) is 6.52. The monoisotopic (exact) mass is 327 g/mol. The van der Waals surface area contributed by atoms with Crippen LogP contribution in [0, 0.1) is 5.41 Å². The van der Waals surface area contributed by atoms with Crippen molar-refractivity contribution in [1.82, 2.24) is 5.32 Å². The van der Waals surface area contributed by atoms with Crippen LogP contribution >= 0.6 is 0 Å². The number of para-hydroxylation sites is 1. The Morgan fingerprint density at radius 1 is 1.12 bits per heavy atom. The molecule has 0 spiro atoms. The van der Waals surface area contributed by atoms with Crippen LogP contribution < -0.4 is 10.1 Å². The second-order valence-electron chi connectivity index (χ2n) is 6.52. The van der Waals surface area contributed by atoms with E-state index in [0.717, 1.165) is 5.56 Å². The first-order valence-electron chi connectivity index (χ1n) is 8.06. The molecule has 2 aromatic rings. The molecular formula is C20H25NO3. The van der Waals surface area contributed by atoms with Crippen LogP contribution in [-0.4, -0.2) is 31.3 Å². The molecule has 128 valence electrons. The van der Waals surface area contributed by atoms with Crippen LogP contribution in [-0.2, 0) is 0 Å². The SMILES string of the molecule is COc1ccccc1C(=O)NCC(c1ccccc1)C(C)(C)CO. The summed E-state index contributed by atoms with van der Waals surface area (Å²) in [6.07, 6.45) is 0. The third-order valence-electron chi connectivity index (χ3n) is 4.37. The van der Waals surface area contributed by atoms with Crippen molar-refractivity contribution >= 4 is 5.91 Å². The van der Waals surface area contributed by atoms with Crippen molar-refractivity contribution in [2.24, 2.45) is 5.41 Å². The zero-order chi connectivity index (χ0) is 17.6. The highest BCUT2D eigenvalue weighted by Gasteiger charge is 2.30. The molecule has 24 heavy (non-hydrogen) atoms. The Labute approximate surface area is 143 Å². The molecule has 0 radical (unpaired) electrons. The number of rotatable bonds is 7. The molecule has 4 heteroatoms. The Kier molecular flexibility index (Phi) is 5.99. The molecular weight excluding hydrogens is 302 g/mol. The first-order chi connectivity index (χ1) is 11.5. The fourth-order valence-corrected chi connectivity index (χ4v) is 2.76. The van der Waals surface area contributed by atoms with Gasteiger partial charge in [-0.15, -0.1) is 0 Å². The van der Waals surface area contributed by atoms with Gasteiger partial charge in [-0.25, -0.2) is 0 Å². The molecule has 0 aromatic heterocycles. The largest absolute Gasteiger partial charge is 0.496 e. The predicted octanol–water partition coefficient (Wildman–Crippen LogP) is 3.23. The zero-order valence-electron chi connectivity index (χ0n) is 14.5. The molecule has 0 fully saturated rings. The number of ether oxygens (including phenoxy) is 1. The first-order valence-corrected chi connectivity index (χ1v) is 8.06. The normalized spacial score (nSPS) is 12.5. The molecule has 0 heterocycles. The summed E-state index contributed by atoms with van der Waals surface area (Å²) in [5.41, 5.74) is 1.25. The summed E-state index contributed by atoms with van der Waals surface area (Å²) < 4.78 is 5.25. The predicted molar refractivity (Wildman–Crippen MR) is 95.4 cm³/mol. The molecule has 0 aliphatic heterocycles. The average Bonchev–Trinajstić information content (AvgIpc) is 2.62. The molecule has 0 aliphatic rings. The molecule has 1 atom stereocenters. The highest BCUT2D eigenvalue weighted by atomic mass is 16.5. The van der Waals surface area contributed by atoms with Gasteiger partial charge in [0.05, 0.1) is 12.7 Å². The fraction of sp³-hybridized carbons (Fsp3) is 0.350. The zero-order valence-corrected chi connectivity index (χ0v) is 14.5. The molecule has 2 rings (SSSR count). The first kappa shape index (κ1) is 18.0. The lowest BCUT2D eigenvalue weighted by molar-refractivity contribution is 0.0917. The highest BCUT2D eigenvalue weighted by molar-refractivity contribution is 5.96. The van der Waals surface area contributed by atoms with E-state index in [9.17, 15) is 9.90 Å². The van der Waals surface area contributed by atoms with Gasteiger partial charge in [0.2, 0.25) is 0 Å². The summed E-state index contributed by atoms with van der Waals surface area (Å²) in [6.45, 7) is 4.48. The van der Waals surface area contributed by atoms with Crippen molar-refractivity contribution in [3.05, 3.63) is 65.7 Å². The third-order valence-corrected chi connectivity index (χ3v) is 4.37. The topological polar surface area (TPSA) is 58.6 Å². The molecule has 0 bridgehead atoms. The van der Waals surface area contributed by atoms with Gasteiger partial charge in [-0.2, -0.15) is 0 Å². The number of amides is 1. The smallest absolute Gasteiger partial charge is 0.255 e. The molecule has 4 nitrogen and oxygen atoms in total. The van der Waals surface area contributed by atoms with E-state index < -0.39 is 0 Å². The fourth-order valence-electron chi connectivity index (χ4n) is 2.76. The molecule has 2 N–H and O–H groups in total. The van der Waals surface area contributed by atoms with Gasteiger partial charge in [-0.05, 0) is 23.1 Å². The van der Waals surface area contributed by atoms with Crippen molar-refractivity contribution in [2.75, 3.05) is 20.3 Å². The van der Waals surface area contributed by atoms with Crippen molar-refractivity contribution in [1.29, 1.82) is 0 Å². The Morgan fingerprint density at radius 3 is 2.38 bits per heavy atom. The summed E-state index contributed by atoms with van der Waals surface area (Å²) in [5.74, 6) is 0.372. The van der Waals surface area contributed by atoms with Crippen molar-refractivity contribution in [3.8, 4) is 5.75 Å².